The first-order valence-corrected chi connectivity index (χ1v) is 8.05. The number of hydrogen-bond acceptors (Lipinski definition) is 6. The fraction of sp³-hybridized carbons (Fsp3) is 0.588. The molecule has 7 nitrogen and oxygen atoms in total. The van der Waals surface area contributed by atoms with Crippen LogP contribution in [0.3, 0.4) is 0 Å². The van der Waals surface area contributed by atoms with Crippen molar-refractivity contribution in [3.8, 4) is 11.5 Å². The van der Waals surface area contributed by atoms with Crippen LogP contribution < -0.4 is 20.5 Å². The van der Waals surface area contributed by atoms with Crippen LogP contribution in [0.4, 0.5) is 0 Å². The smallest absolute Gasteiger partial charge is 0.239 e. The molecule has 1 heterocycles. The Bertz CT molecular complexity index is 530. The van der Waals surface area contributed by atoms with Gasteiger partial charge in [0, 0.05) is 38.9 Å². The largest absolute Gasteiger partial charge is 0.497 e. The summed E-state index contributed by atoms with van der Waals surface area (Å²) >= 11 is 0. The molecular formula is C17H27N3O4. The van der Waals surface area contributed by atoms with Crippen molar-refractivity contribution in [1.29, 1.82) is 0 Å². The number of ether oxygens (including phenoxy) is 3. The summed E-state index contributed by atoms with van der Waals surface area (Å²) in [4.78, 5) is 14.2. The summed E-state index contributed by atoms with van der Waals surface area (Å²) in [7, 11) is 4.82. The van der Waals surface area contributed by atoms with E-state index in [0.717, 1.165) is 43.1 Å². The third-order valence-corrected chi connectivity index (χ3v) is 4.12. The van der Waals surface area contributed by atoms with E-state index in [4.69, 9.17) is 19.9 Å². The Kier molecular flexibility index (Phi) is 6.84. The van der Waals surface area contributed by atoms with Crippen molar-refractivity contribution in [3.63, 3.8) is 0 Å². The number of amides is 1. The Morgan fingerprint density at radius 3 is 2.54 bits per heavy atom. The van der Waals surface area contributed by atoms with Gasteiger partial charge in [-0.15, -0.1) is 0 Å². The third kappa shape index (κ3) is 5.09. The minimum atomic E-state index is -0.619. The molecule has 1 amide bonds. The highest BCUT2D eigenvalue weighted by atomic mass is 16.5. The van der Waals surface area contributed by atoms with Crippen LogP contribution in [0.5, 0.6) is 11.5 Å². The molecule has 0 saturated carbocycles. The summed E-state index contributed by atoms with van der Waals surface area (Å²) < 4.78 is 15.5. The molecule has 1 saturated heterocycles. The van der Waals surface area contributed by atoms with E-state index >= 15 is 0 Å². The van der Waals surface area contributed by atoms with Gasteiger partial charge in [-0.25, -0.2) is 0 Å². The van der Waals surface area contributed by atoms with Gasteiger partial charge >= 0.3 is 0 Å². The van der Waals surface area contributed by atoms with E-state index in [1.54, 1.807) is 14.2 Å². The first-order chi connectivity index (χ1) is 11.5. The van der Waals surface area contributed by atoms with Gasteiger partial charge in [0.1, 0.15) is 17.5 Å². The lowest BCUT2D eigenvalue weighted by Crippen LogP contribution is -2.48. The molecule has 2 atom stereocenters. The molecule has 3 N–H and O–H groups in total. The molecule has 1 aromatic rings. The topological polar surface area (TPSA) is 86.0 Å². The second-order valence-electron chi connectivity index (χ2n) is 6.01. The standard InChI is InChI=1S/C17H27N3O4/c1-22-11-16(18)17(21)19-13-4-5-20(10-13)9-12-6-14(23-2)8-15(7-12)24-3/h6-8,13,16H,4-5,9-11,18H2,1-3H3,(H,19,21). The molecule has 0 bridgehead atoms. The first-order valence-electron chi connectivity index (χ1n) is 8.05. The highest BCUT2D eigenvalue weighted by Crippen LogP contribution is 2.24. The van der Waals surface area contributed by atoms with Crippen molar-refractivity contribution in [2.75, 3.05) is 41.0 Å². The Hall–Kier alpha value is -1.83. The number of hydrogen-bond donors (Lipinski definition) is 2. The molecule has 24 heavy (non-hydrogen) atoms. The summed E-state index contributed by atoms with van der Waals surface area (Å²) in [6.45, 7) is 2.73. The summed E-state index contributed by atoms with van der Waals surface area (Å²) in [5.41, 5.74) is 6.87. The Morgan fingerprint density at radius 2 is 1.96 bits per heavy atom. The summed E-state index contributed by atoms with van der Waals surface area (Å²) in [5, 5.41) is 2.99. The summed E-state index contributed by atoms with van der Waals surface area (Å²) in [6, 6.07) is 5.36. The van der Waals surface area contributed by atoms with E-state index in [1.807, 2.05) is 18.2 Å². The number of rotatable bonds is 8. The van der Waals surface area contributed by atoms with Gasteiger partial charge in [-0.3, -0.25) is 9.69 Å². The summed E-state index contributed by atoms with van der Waals surface area (Å²) in [5.74, 6) is 1.39. The van der Waals surface area contributed by atoms with Gasteiger partial charge in [-0.05, 0) is 24.1 Å². The highest BCUT2D eigenvalue weighted by Gasteiger charge is 2.25. The summed E-state index contributed by atoms with van der Waals surface area (Å²) in [6.07, 6.45) is 0.909. The molecule has 2 unspecified atom stereocenters. The van der Waals surface area contributed by atoms with Crippen molar-refractivity contribution < 1.29 is 19.0 Å². The molecule has 0 radical (unpaired) electrons. The molecule has 0 spiro atoms. The molecule has 7 heteroatoms. The first kappa shape index (κ1) is 18.5. The highest BCUT2D eigenvalue weighted by molar-refractivity contribution is 5.81. The molecule has 1 aromatic carbocycles. The fourth-order valence-corrected chi connectivity index (χ4v) is 2.87. The van der Waals surface area contributed by atoms with Crippen LogP contribution >= 0.6 is 0 Å². The van der Waals surface area contributed by atoms with Gasteiger partial charge in [0.05, 0.1) is 20.8 Å². The molecule has 0 aromatic heterocycles. The lowest BCUT2D eigenvalue weighted by Gasteiger charge is -2.19. The number of benzene rings is 1. The predicted octanol–water partition coefficient (Wildman–Crippen LogP) is 0.368. The molecule has 0 aliphatic carbocycles. The van der Waals surface area contributed by atoms with E-state index in [9.17, 15) is 4.79 Å². The van der Waals surface area contributed by atoms with Crippen molar-refractivity contribution in [2.24, 2.45) is 5.73 Å². The second-order valence-corrected chi connectivity index (χ2v) is 6.01. The van der Waals surface area contributed by atoms with Crippen molar-refractivity contribution in [3.05, 3.63) is 23.8 Å². The normalized spacial score (nSPS) is 19.1. The number of methoxy groups -OCH3 is 3. The van der Waals surface area contributed by atoms with Crippen LogP contribution in [0.2, 0.25) is 0 Å². The number of nitrogens with zero attached hydrogens (tertiary/aromatic N) is 1. The average molecular weight is 337 g/mol. The van der Waals surface area contributed by atoms with Crippen molar-refractivity contribution in [2.45, 2.75) is 25.0 Å². The lowest BCUT2D eigenvalue weighted by atomic mass is 10.2. The van der Waals surface area contributed by atoms with E-state index in [0.29, 0.717) is 0 Å². The van der Waals surface area contributed by atoms with Crippen LogP contribution in [-0.2, 0) is 16.1 Å². The van der Waals surface area contributed by atoms with Crippen LogP contribution in [0.15, 0.2) is 18.2 Å². The Balaban J connectivity index is 1.89. The monoisotopic (exact) mass is 337 g/mol. The van der Waals surface area contributed by atoms with Crippen molar-refractivity contribution in [1.82, 2.24) is 10.2 Å². The zero-order valence-corrected chi connectivity index (χ0v) is 14.6. The van der Waals surface area contributed by atoms with Gasteiger partial charge in [0.2, 0.25) is 5.91 Å². The SMILES string of the molecule is COCC(N)C(=O)NC1CCN(Cc2cc(OC)cc(OC)c2)C1. The van der Waals surface area contributed by atoms with Gasteiger partial charge in [-0.2, -0.15) is 0 Å². The van der Waals surface area contributed by atoms with Gasteiger partial charge in [-0.1, -0.05) is 0 Å². The van der Waals surface area contributed by atoms with E-state index in [1.165, 1.54) is 7.11 Å². The molecule has 1 fully saturated rings. The maximum atomic E-state index is 12.0. The molecule has 1 aliphatic heterocycles. The lowest BCUT2D eigenvalue weighted by molar-refractivity contribution is -0.124. The van der Waals surface area contributed by atoms with Gasteiger partial charge in [0.15, 0.2) is 0 Å². The van der Waals surface area contributed by atoms with Gasteiger partial charge < -0.3 is 25.3 Å². The molecule has 134 valence electrons. The van der Waals surface area contributed by atoms with E-state index < -0.39 is 6.04 Å². The zero-order valence-electron chi connectivity index (χ0n) is 14.6. The fourth-order valence-electron chi connectivity index (χ4n) is 2.87. The van der Waals surface area contributed by atoms with Crippen LogP contribution in [0, 0.1) is 0 Å². The molecular weight excluding hydrogens is 310 g/mol. The molecule has 2 rings (SSSR count). The quantitative estimate of drug-likeness (QED) is 0.713. The minimum absolute atomic E-state index is 0.118. The van der Waals surface area contributed by atoms with Crippen molar-refractivity contribution >= 4 is 5.91 Å². The third-order valence-electron chi connectivity index (χ3n) is 4.12. The molecule has 1 aliphatic rings. The Labute approximate surface area is 143 Å². The number of carbonyl (C=O) groups excluding carboxylic acids is 1. The zero-order chi connectivity index (χ0) is 17.5. The number of nitrogens with one attached hydrogen (secondary N) is 1. The maximum Gasteiger partial charge on any atom is 0.239 e. The second kappa shape index (κ2) is 8.86. The number of nitrogens with two attached hydrogens (primary N) is 1. The Morgan fingerprint density at radius 1 is 1.29 bits per heavy atom. The van der Waals surface area contributed by atoms with E-state index in [2.05, 4.69) is 10.2 Å². The average Bonchev–Trinajstić information content (AvgIpc) is 3.01. The maximum absolute atomic E-state index is 12.0. The van der Waals surface area contributed by atoms with Crippen LogP contribution in [0.1, 0.15) is 12.0 Å². The predicted molar refractivity (Wildman–Crippen MR) is 91.2 cm³/mol. The van der Waals surface area contributed by atoms with Crippen LogP contribution in [0.25, 0.3) is 0 Å². The minimum Gasteiger partial charge on any atom is -0.497 e. The number of likely N-dealkylation sites (tertiary alicyclic amines) is 1. The van der Waals surface area contributed by atoms with Crippen LogP contribution in [-0.4, -0.2) is 63.9 Å². The van der Waals surface area contributed by atoms with Gasteiger partial charge in [0.25, 0.3) is 0 Å². The number of carbonyl (C=O) groups is 1. The van der Waals surface area contributed by atoms with E-state index in [-0.39, 0.29) is 18.6 Å².